The van der Waals surface area contributed by atoms with Crippen LogP contribution in [0.3, 0.4) is 0 Å². The summed E-state index contributed by atoms with van der Waals surface area (Å²) < 4.78 is 0. The van der Waals surface area contributed by atoms with Crippen molar-refractivity contribution in [2.24, 2.45) is 0 Å². The van der Waals surface area contributed by atoms with Gasteiger partial charge in [-0.05, 0) is 25.0 Å². The fraction of sp³-hybridized carbons (Fsp3) is 0.643. The Kier molecular flexibility index (Phi) is 3.75. The summed E-state index contributed by atoms with van der Waals surface area (Å²) in [5, 5.41) is 4.24. The van der Waals surface area contributed by atoms with Crippen LogP contribution < -0.4 is 10.2 Å². The van der Waals surface area contributed by atoms with Crippen LogP contribution in [0.1, 0.15) is 25.5 Å². The second-order valence-electron chi connectivity index (χ2n) is 5.27. The van der Waals surface area contributed by atoms with Gasteiger partial charge in [-0.3, -0.25) is 0 Å². The molecule has 0 aromatic carbocycles. The fourth-order valence-corrected chi connectivity index (χ4v) is 3.32. The number of thioether (sulfide) groups is 1. The maximum Gasteiger partial charge on any atom is 0.128 e. The predicted octanol–water partition coefficient (Wildman–Crippen LogP) is 2.28. The molecular weight excluding hydrogens is 242 g/mol. The molecule has 1 saturated carbocycles. The van der Waals surface area contributed by atoms with E-state index in [2.05, 4.69) is 47.1 Å². The van der Waals surface area contributed by atoms with Gasteiger partial charge in [-0.2, -0.15) is 11.8 Å². The highest BCUT2D eigenvalue weighted by molar-refractivity contribution is 8.00. The van der Waals surface area contributed by atoms with E-state index in [1.165, 1.54) is 24.3 Å². The number of rotatable bonds is 4. The molecular formula is C14H21N3S. The van der Waals surface area contributed by atoms with Crippen LogP contribution in [-0.2, 0) is 6.54 Å². The van der Waals surface area contributed by atoms with Gasteiger partial charge < -0.3 is 10.2 Å². The zero-order valence-corrected chi connectivity index (χ0v) is 11.7. The lowest BCUT2D eigenvalue weighted by atomic mass is 10.3. The van der Waals surface area contributed by atoms with Gasteiger partial charge in [0, 0.05) is 36.7 Å². The first-order chi connectivity index (χ1) is 8.81. The molecule has 0 bridgehead atoms. The maximum absolute atomic E-state index is 4.78. The van der Waals surface area contributed by atoms with E-state index in [0.29, 0.717) is 5.25 Å². The minimum Gasteiger partial charge on any atom is -0.355 e. The average molecular weight is 263 g/mol. The standard InChI is InChI=1S/C14H21N3S/c1-11-10-17(7-8-18-11)14-4-2-3-13(16-14)9-15-12-5-6-12/h2-4,11-12,15H,5-10H2,1H3. The van der Waals surface area contributed by atoms with E-state index in [1.54, 1.807) is 0 Å². The lowest BCUT2D eigenvalue weighted by molar-refractivity contribution is 0.671. The molecule has 0 radical (unpaired) electrons. The summed E-state index contributed by atoms with van der Waals surface area (Å²) in [4.78, 5) is 7.20. The summed E-state index contributed by atoms with van der Waals surface area (Å²) in [5.74, 6) is 2.37. The van der Waals surface area contributed by atoms with Crippen LogP contribution in [0.2, 0.25) is 0 Å². The highest BCUT2D eigenvalue weighted by Crippen LogP contribution is 2.23. The summed E-state index contributed by atoms with van der Waals surface area (Å²) in [6.45, 7) is 5.46. The largest absolute Gasteiger partial charge is 0.355 e. The molecule has 1 N–H and O–H groups in total. The van der Waals surface area contributed by atoms with Crippen LogP contribution in [0.4, 0.5) is 5.82 Å². The minimum absolute atomic E-state index is 0.716. The third kappa shape index (κ3) is 3.18. The summed E-state index contributed by atoms with van der Waals surface area (Å²) in [7, 11) is 0. The maximum atomic E-state index is 4.78. The first kappa shape index (κ1) is 12.3. The van der Waals surface area contributed by atoms with Gasteiger partial charge in [-0.15, -0.1) is 0 Å². The molecule has 4 heteroatoms. The van der Waals surface area contributed by atoms with Crippen molar-refractivity contribution in [3.8, 4) is 0 Å². The van der Waals surface area contributed by atoms with Crippen molar-refractivity contribution in [2.45, 2.75) is 37.6 Å². The Morgan fingerprint density at radius 2 is 2.33 bits per heavy atom. The molecule has 1 atom stereocenters. The van der Waals surface area contributed by atoms with Gasteiger partial charge >= 0.3 is 0 Å². The Labute approximate surface area is 113 Å². The molecule has 0 spiro atoms. The molecule has 1 saturated heterocycles. The van der Waals surface area contributed by atoms with E-state index in [-0.39, 0.29) is 0 Å². The van der Waals surface area contributed by atoms with Gasteiger partial charge in [-0.1, -0.05) is 13.0 Å². The zero-order valence-electron chi connectivity index (χ0n) is 10.9. The molecule has 1 aliphatic heterocycles. The molecule has 2 aliphatic rings. The van der Waals surface area contributed by atoms with Crippen LogP contribution in [0.5, 0.6) is 0 Å². The third-order valence-electron chi connectivity index (χ3n) is 3.51. The monoisotopic (exact) mass is 263 g/mol. The molecule has 1 aromatic rings. The quantitative estimate of drug-likeness (QED) is 0.902. The van der Waals surface area contributed by atoms with Crippen molar-refractivity contribution in [1.82, 2.24) is 10.3 Å². The topological polar surface area (TPSA) is 28.2 Å². The van der Waals surface area contributed by atoms with Gasteiger partial charge in [0.2, 0.25) is 0 Å². The lowest BCUT2D eigenvalue weighted by Crippen LogP contribution is -2.37. The van der Waals surface area contributed by atoms with Crippen LogP contribution in [0, 0.1) is 0 Å². The Balaban J connectivity index is 1.65. The molecule has 0 amide bonds. The van der Waals surface area contributed by atoms with E-state index in [9.17, 15) is 0 Å². The minimum atomic E-state index is 0.716. The first-order valence-electron chi connectivity index (χ1n) is 6.87. The zero-order chi connectivity index (χ0) is 12.4. The number of nitrogens with one attached hydrogen (secondary N) is 1. The smallest absolute Gasteiger partial charge is 0.128 e. The molecule has 3 rings (SSSR count). The van der Waals surface area contributed by atoms with Crippen LogP contribution in [0.15, 0.2) is 18.2 Å². The molecule has 1 aliphatic carbocycles. The summed E-state index contributed by atoms with van der Waals surface area (Å²) in [6.07, 6.45) is 2.67. The van der Waals surface area contributed by atoms with Crippen molar-refractivity contribution in [2.75, 3.05) is 23.7 Å². The van der Waals surface area contributed by atoms with Gasteiger partial charge in [-0.25, -0.2) is 4.98 Å². The Morgan fingerprint density at radius 3 is 3.11 bits per heavy atom. The molecule has 98 valence electrons. The summed E-state index contributed by atoms with van der Waals surface area (Å²) >= 11 is 2.06. The Bertz CT molecular complexity index is 406. The van der Waals surface area contributed by atoms with E-state index in [0.717, 1.165) is 31.5 Å². The van der Waals surface area contributed by atoms with Gasteiger partial charge in [0.1, 0.15) is 5.82 Å². The molecule has 1 unspecified atom stereocenters. The van der Waals surface area contributed by atoms with Crippen LogP contribution >= 0.6 is 11.8 Å². The molecule has 18 heavy (non-hydrogen) atoms. The van der Waals surface area contributed by atoms with Crippen molar-refractivity contribution in [3.05, 3.63) is 23.9 Å². The van der Waals surface area contributed by atoms with E-state index in [4.69, 9.17) is 4.98 Å². The third-order valence-corrected chi connectivity index (χ3v) is 4.64. The summed E-state index contributed by atoms with van der Waals surface area (Å²) in [6, 6.07) is 7.16. The lowest BCUT2D eigenvalue weighted by Gasteiger charge is -2.31. The number of hydrogen-bond donors (Lipinski definition) is 1. The predicted molar refractivity (Wildman–Crippen MR) is 78.2 cm³/mol. The number of anilines is 1. The van der Waals surface area contributed by atoms with Crippen molar-refractivity contribution in [3.63, 3.8) is 0 Å². The average Bonchev–Trinajstić information content (AvgIpc) is 3.21. The normalized spacial score (nSPS) is 24.3. The molecule has 2 heterocycles. The van der Waals surface area contributed by atoms with Crippen molar-refractivity contribution >= 4 is 17.6 Å². The van der Waals surface area contributed by atoms with E-state index >= 15 is 0 Å². The van der Waals surface area contributed by atoms with E-state index < -0.39 is 0 Å². The van der Waals surface area contributed by atoms with Crippen molar-refractivity contribution < 1.29 is 0 Å². The number of aromatic nitrogens is 1. The molecule has 3 nitrogen and oxygen atoms in total. The van der Waals surface area contributed by atoms with Crippen LogP contribution in [-0.4, -0.2) is 35.1 Å². The number of hydrogen-bond acceptors (Lipinski definition) is 4. The molecule has 2 fully saturated rings. The second kappa shape index (κ2) is 5.49. The van der Waals surface area contributed by atoms with Crippen LogP contribution in [0.25, 0.3) is 0 Å². The highest BCUT2D eigenvalue weighted by atomic mass is 32.2. The van der Waals surface area contributed by atoms with Crippen molar-refractivity contribution in [1.29, 1.82) is 0 Å². The summed E-state index contributed by atoms with van der Waals surface area (Å²) in [5.41, 5.74) is 1.17. The number of nitrogens with zero attached hydrogens (tertiary/aromatic N) is 2. The second-order valence-corrected chi connectivity index (χ2v) is 6.82. The fourth-order valence-electron chi connectivity index (χ4n) is 2.30. The highest BCUT2D eigenvalue weighted by Gasteiger charge is 2.21. The molecule has 1 aromatic heterocycles. The Hall–Kier alpha value is -0.740. The van der Waals surface area contributed by atoms with E-state index in [1.807, 2.05) is 0 Å². The first-order valence-corrected chi connectivity index (χ1v) is 7.92. The number of pyridine rings is 1. The van der Waals surface area contributed by atoms with Gasteiger partial charge in [0.05, 0.1) is 5.69 Å². The SMILES string of the molecule is CC1CN(c2cccc(CNC3CC3)n2)CCS1. The Morgan fingerprint density at radius 1 is 1.44 bits per heavy atom. The van der Waals surface area contributed by atoms with Gasteiger partial charge in [0.15, 0.2) is 0 Å². The van der Waals surface area contributed by atoms with Gasteiger partial charge in [0.25, 0.3) is 0 Å².